The number of benzene rings is 1. The van der Waals surface area contributed by atoms with E-state index in [4.69, 9.17) is 10.5 Å². The Labute approximate surface area is 100 Å². The van der Waals surface area contributed by atoms with Crippen molar-refractivity contribution in [2.24, 2.45) is 0 Å². The van der Waals surface area contributed by atoms with Crippen molar-refractivity contribution in [2.75, 3.05) is 12.8 Å². The van der Waals surface area contributed by atoms with E-state index in [-0.39, 0.29) is 16.3 Å². The average molecular weight is 260 g/mol. The molecule has 96 valence electrons. The van der Waals surface area contributed by atoms with Crippen LogP contribution in [0.3, 0.4) is 0 Å². The maximum Gasteiger partial charge on any atom is 0.242 e. The second kappa shape index (κ2) is 5.35. The van der Waals surface area contributed by atoms with Crippen LogP contribution in [0.4, 0.5) is 5.69 Å². The second-order valence-corrected chi connectivity index (χ2v) is 5.19. The molecule has 0 fully saturated rings. The standard InChI is InChI=1S/C10H16N2O4S/c1-3-10(16-2)12-17(14,15)7-4-5-9(13)8(11)6-7/h4-6,10,12-13H,3,11H2,1-2H3. The molecule has 0 aliphatic carbocycles. The molecule has 0 amide bonds. The normalized spacial score (nSPS) is 13.5. The molecule has 0 aliphatic heterocycles. The number of rotatable bonds is 5. The van der Waals surface area contributed by atoms with Crippen molar-refractivity contribution in [3.63, 3.8) is 0 Å². The molecular weight excluding hydrogens is 244 g/mol. The van der Waals surface area contributed by atoms with E-state index in [1.54, 1.807) is 6.92 Å². The van der Waals surface area contributed by atoms with E-state index in [1.165, 1.54) is 25.3 Å². The zero-order valence-corrected chi connectivity index (χ0v) is 10.5. The first-order valence-electron chi connectivity index (χ1n) is 5.04. The number of nitrogens with two attached hydrogens (primary N) is 1. The first-order valence-corrected chi connectivity index (χ1v) is 6.52. The number of ether oxygens (including phenoxy) is 1. The molecule has 0 saturated heterocycles. The number of phenolic OH excluding ortho intramolecular Hbond substituents is 1. The Hall–Kier alpha value is -1.31. The molecule has 0 bridgehead atoms. The zero-order chi connectivity index (χ0) is 13.1. The summed E-state index contributed by atoms with van der Waals surface area (Å²) in [5, 5.41) is 9.22. The van der Waals surface area contributed by atoms with Crippen LogP contribution in [0.2, 0.25) is 0 Å². The summed E-state index contributed by atoms with van der Waals surface area (Å²) in [5.74, 6) is -0.150. The van der Waals surface area contributed by atoms with Crippen LogP contribution in [-0.2, 0) is 14.8 Å². The van der Waals surface area contributed by atoms with E-state index in [9.17, 15) is 13.5 Å². The monoisotopic (exact) mass is 260 g/mol. The van der Waals surface area contributed by atoms with Crippen LogP contribution < -0.4 is 10.5 Å². The van der Waals surface area contributed by atoms with Crippen LogP contribution in [0.1, 0.15) is 13.3 Å². The molecule has 1 aromatic rings. The van der Waals surface area contributed by atoms with Crippen molar-refractivity contribution in [1.82, 2.24) is 4.72 Å². The molecule has 1 atom stereocenters. The molecule has 1 unspecified atom stereocenters. The van der Waals surface area contributed by atoms with Gasteiger partial charge in [0.25, 0.3) is 0 Å². The minimum absolute atomic E-state index is 0.0108. The predicted molar refractivity (Wildman–Crippen MR) is 63.9 cm³/mol. The second-order valence-electron chi connectivity index (χ2n) is 3.47. The van der Waals surface area contributed by atoms with E-state index in [1.807, 2.05) is 0 Å². The lowest BCUT2D eigenvalue weighted by Crippen LogP contribution is -2.35. The predicted octanol–water partition coefficient (Wildman–Crippen LogP) is 0.635. The van der Waals surface area contributed by atoms with Gasteiger partial charge in [0.1, 0.15) is 12.0 Å². The zero-order valence-electron chi connectivity index (χ0n) is 9.67. The molecule has 1 aromatic carbocycles. The Kier molecular flexibility index (Phi) is 4.33. The molecule has 0 heterocycles. The number of nitrogen functional groups attached to an aromatic ring is 1. The Balaban J connectivity index is 3.01. The average Bonchev–Trinajstić information content (AvgIpc) is 2.29. The van der Waals surface area contributed by atoms with Crippen LogP contribution in [0.15, 0.2) is 23.1 Å². The highest BCUT2D eigenvalue weighted by Gasteiger charge is 2.19. The van der Waals surface area contributed by atoms with Gasteiger partial charge >= 0.3 is 0 Å². The highest BCUT2D eigenvalue weighted by molar-refractivity contribution is 7.89. The Bertz CT molecular complexity index is 483. The van der Waals surface area contributed by atoms with E-state index in [0.717, 1.165) is 0 Å². The third-order valence-corrected chi connectivity index (χ3v) is 3.70. The molecule has 7 heteroatoms. The lowest BCUT2D eigenvalue weighted by molar-refractivity contribution is 0.0906. The molecule has 0 spiro atoms. The van der Waals surface area contributed by atoms with Crippen molar-refractivity contribution < 1.29 is 18.3 Å². The van der Waals surface area contributed by atoms with Crippen molar-refractivity contribution in [3.05, 3.63) is 18.2 Å². The molecule has 0 saturated carbocycles. The fraction of sp³-hybridized carbons (Fsp3) is 0.400. The Morgan fingerprint density at radius 2 is 2.18 bits per heavy atom. The fourth-order valence-corrected chi connectivity index (χ4v) is 2.51. The quantitative estimate of drug-likeness (QED) is 0.409. The minimum Gasteiger partial charge on any atom is -0.506 e. The third kappa shape index (κ3) is 3.32. The molecular formula is C10H16N2O4S. The summed E-state index contributed by atoms with van der Waals surface area (Å²) in [5.41, 5.74) is 5.45. The first-order chi connectivity index (χ1) is 7.90. The first kappa shape index (κ1) is 13.8. The third-order valence-electron chi connectivity index (χ3n) is 2.25. The van der Waals surface area contributed by atoms with Gasteiger partial charge < -0.3 is 15.6 Å². The molecule has 0 aromatic heterocycles. The molecule has 6 nitrogen and oxygen atoms in total. The van der Waals surface area contributed by atoms with Gasteiger partial charge in [-0.05, 0) is 24.6 Å². The number of anilines is 1. The number of phenols is 1. The summed E-state index contributed by atoms with van der Waals surface area (Å²) in [7, 11) is -2.27. The number of methoxy groups -OCH3 is 1. The Morgan fingerprint density at radius 1 is 1.53 bits per heavy atom. The van der Waals surface area contributed by atoms with Crippen LogP contribution in [-0.4, -0.2) is 26.9 Å². The van der Waals surface area contributed by atoms with Gasteiger partial charge in [0.15, 0.2) is 0 Å². The topological polar surface area (TPSA) is 102 Å². The molecule has 1 rings (SSSR count). The largest absolute Gasteiger partial charge is 0.506 e. The van der Waals surface area contributed by atoms with Crippen molar-refractivity contribution >= 4 is 15.7 Å². The van der Waals surface area contributed by atoms with Gasteiger partial charge in [-0.1, -0.05) is 6.92 Å². The van der Waals surface area contributed by atoms with Gasteiger partial charge in [-0.2, -0.15) is 4.72 Å². The lowest BCUT2D eigenvalue weighted by atomic mass is 10.3. The maximum atomic E-state index is 11.9. The van der Waals surface area contributed by atoms with Gasteiger partial charge in [-0.3, -0.25) is 0 Å². The van der Waals surface area contributed by atoms with E-state index < -0.39 is 16.3 Å². The number of hydrogen-bond donors (Lipinski definition) is 3. The summed E-state index contributed by atoms with van der Waals surface area (Å²) < 4.78 is 31.1. The number of hydrogen-bond acceptors (Lipinski definition) is 5. The highest BCUT2D eigenvalue weighted by atomic mass is 32.2. The van der Waals surface area contributed by atoms with E-state index in [0.29, 0.717) is 6.42 Å². The molecule has 0 aliphatic rings. The van der Waals surface area contributed by atoms with Gasteiger partial charge in [-0.15, -0.1) is 0 Å². The minimum atomic E-state index is -3.69. The molecule has 0 radical (unpaired) electrons. The smallest absolute Gasteiger partial charge is 0.242 e. The van der Waals surface area contributed by atoms with Gasteiger partial charge in [0.2, 0.25) is 10.0 Å². The molecule has 4 N–H and O–H groups in total. The summed E-state index contributed by atoms with van der Waals surface area (Å²) in [4.78, 5) is -0.0108. The summed E-state index contributed by atoms with van der Waals surface area (Å²) in [6.45, 7) is 1.79. The summed E-state index contributed by atoms with van der Waals surface area (Å²) in [6, 6.07) is 3.70. The van der Waals surface area contributed by atoms with Gasteiger partial charge in [0, 0.05) is 7.11 Å². The van der Waals surface area contributed by atoms with Crippen LogP contribution in [0.5, 0.6) is 5.75 Å². The summed E-state index contributed by atoms with van der Waals surface area (Å²) in [6.07, 6.45) is -0.0847. The van der Waals surface area contributed by atoms with E-state index in [2.05, 4.69) is 4.72 Å². The number of sulfonamides is 1. The fourth-order valence-electron chi connectivity index (χ4n) is 1.24. The SMILES string of the molecule is CCC(NS(=O)(=O)c1ccc(O)c(N)c1)OC. The van der Waals surface area contributed by atoms with Crippen LogP contribution >= 0.6 is 0 Å². The lowest BCUT2D eigenvalue weighted by Gasteiger charge is -2.15. The van der Waals surface area contributed by atoms with Crippen LogP contribution in [0.25, 0.3) is 0 Å². The highest BCUT2D eigenvalue weighted by Crippen LogP contribution is 2.23. The number of nitrogens with one attached hydrogen (secondary N) is 1. The van der Waals surface area contributed by atoms with E-state index >= 15 is 0 Å². The maximum absolute atomic E-state index is 11.9. The van der Waals surface area contributed by atoms with Gasteiger partial charge in [-0.25, -0.2) is 8.42 Å². The Morgan fingerprint density at radius 3 is 2.65 bits per heavy atom. The number of aromatic hydroxyl groups is 1. The van der Waals surface area contributed by atoms with Crippen LogP contribution in [0, 0.1) is 0 Å². The van der Waals surface area contributed by atoms with Crippen molar-refractivity contribution in [1.29, 1.82) is 0 Å². The van der Waals surface area contributed by atoms with Crippen molar-refractivity contribution in [3.8, 4) is 5.75 Å². The van der Waals surface area contributed by atoms with Crippen molar-refractivity contribution in [2.45, 2.75) is 24.5 Å². The van der Waals surface area contributed by atoms with Gasteiger partial charge in [0.05, 0.1) is 10.6 Å². The molecule has 17 heavy (non-hydrogen) atoms. The summed E-state index contributed by atoms with van der Waals surface area (Å²) >= 11 is 0.